The zero-order valence-electron chi connectivity index (χ0n) is 12.0. The second-order valence-electron chi connectivity index (χ2n) is 4.80. The van der Waals surface area contributed by atoms with Gasteiger partial charge in [-0.2, -0.15) is 0 Å². The summed E-state index contributed by atoms with van der Waals surface area (Å²) < 4.78 is 0. The van der Waals surface area contributed by atoms with Gasteiger partial charge in [-0.25, -0.2) is 0 Å². The fourth-order valence-electron chi connectivity index (χ4n) is 1.94. The first-order valence-corrected chi connectivity index (χ1v) is 7.06. The van der Waals surface area contributed by atoms with Gasteiger partial charge in [0.1, 0.15) is 0 Å². The quantitative estimate of drug-likeness (QED) is 0.801. The number of rotatable bonds is 4. The van der Waals surface area contributed by atoms with Gasteiger partial charge in [0.05, 0.1) is 6.04 Å². The highest BCUT2D eigenvalue weighted by Gasteiger charge is 2.15. The maximum absolute atomic E-state index is 12.2. The van der Waals surface area contributed by atoms with Crippen molar-refractivity contribution in [3.63, 3.8) is 0 Å². The van der Waals surface area contributed by atoms with Crippen molar-refractivity contribution < 1.29 is 4.79 Å². The number of carbonyl (C=O) groups is 1. The van der Waals surface area contributed by atoms with E-state index in [1.165, 1.54) is 0 Å². The predicted octanol–water partition coefficient (Wildman–Crippen LogP) is 3.97. The molecule has 1 heterocycles. The first kappa shape index (κ1) is 15.3. The van der Waals surface area contributed by atoms with Gasteiger partial charge in [0, 0.05) is 30.5 Å². The Kier molecular flexibility index (Phi) is 5.12. The molecule has 21 heavy (non-hydrogen) atoms. The number of pyridine rings is 1. The summed E-state index contributed by atoms with van der Waals surface area (Å²) in [5.74, 6) is -0.0636. The molecular formula is C17H17ClN2O. The van der Waals surface area contributed by atoms with E-state index in [2.05, 4.69) is 4.98 Å². The Morgan fingerprint density at radius 1 is 1.33 bits per heavy atom. The fourth-order valence-corrected chi connectivity index (χ4v) is 2.14. The van der Waals surface area contributed by atoms with Gasteiger partial charge in [-0.3, -0.25) is 9.78 Å². The Morgan fingerprint density at radius 2 is 2.14 bits per heavy atom. The SMILES string of the molecule is CC(c1cccc(Cl)c1)N(C)C(=O)/C=C/c1cccnc1. The van der Waals surface area contributed by atoms with Gasteiger partial charge in [-0.1, -0.05) is 29.8 Å². The molecule has 4 heteroatoms. The van der Waals surface area contributed by atoms with Crippen molar-refractivity contribution in [3.05, 3.63) is 71.0 Å². The fraction of sp³-hybridized carbons (Fsp3) is 0.176. The third-order valence-electron chi connectivity index (χ3n) is 3.36. The second kappa shape index (κ2) is 7.04. The van der Waals surface area contributed by atoms with Crippen LogP contribution in [0.5, 0.6) is 0 Å². The molecule has 1 aromatic carbocycles. The molecule has 0 fully saturated rings. The van der Waals surface area contributed by atoms with Gasteiger partial charge >= 0.3 is 0 Å². The predicted molar refractivity (Wildman–Crippen MR) is 85.9 cm³/mol. The molecule has 0 aliphatic carbocycles. The van der Waals surface area contributed by atoms with Gasteiger partial charge in [-0.05, 0) is 42.3 Å². The molecule has 0 aliphatic rings. The van der Waals surface area contributed by atoms with E-state index in [1.807, 2.05) is 43.3 Å². The molecule has 0 saturated carbocycles. The van der Waals surface area contributed by atoms with Crippen molar-refractivity contribution in [2.45, 2.75) is 13.0 Å². The number of halogens is 1. The number of aromatic nitrogens is 1. The summed E-state index contributed by atoms with van der Waals surface area (Å²) in [6, 6.07) is 11.2. The minimum Gasteiger partial charge on any atom is -0.335 e. The van der Waals surface area contributed by atoms with Crippen LogP contribution in [0.1, 0.15) is 24.1 Å². The number of benzene rings is 1. The van der Waals surface area contributed by atoms with Crippen LogP contribution in [-0.4, -0.2) is 22.8 Å². The summed E-state index contributed by atoms with van der Waals surface area (Å²) in [6.45, 7) is 1.97. The van der Waals surface area contributed by atoms with Crippen molar-refractivity contribution in [2.24, 2.45) is 0 Å². The van der Waals surface area contributed by atoms with Crippen molar-refractivity contribution in [1.29, 1.82) is 0 Å². The zero-order valence-corrected chi connectivity index (χ0v) is 12.8. The van der Waals surface area contributed by atoms with Crippen molar-refractivity contribution in [2.75, 3.05) is 7.05 Å². The largest absolute Gasteiger partial charge is 0.335 e. The van der Waals surface area contributed by atoms with E-state index in [9.17, 15) is 4.79 Å². The number of carbonyl (C=O) groups excluding carboxylic acids is 1. The van der Waals surface area contributed by atoms with Gasteiger partial charge in [0.25, 0.3) is 0 Å². The Hall–Kier alpha value is -2.13. The van der Waals surface area contributed by atoms with Crippen LogP contribution in [0, 0.1) is 0 Å². The average Bonchev–Trinajstić information content (AvgIpc) is 2.52. The molecule has 3 nitrogen and oxygen atoms in total. The number of amides is 1. The van der Waals surface area contributed by atoms with Crippen LogP contribution >= 0.6 is 11.6 Å². The lowest BCUT2D eigenvalue weighted by Crippen LogP contribution is -2.27. The molecule has 2 aromatic rings. The minimum atomic E-state index is -0.0636. The van der Waals surface area contributed by atoms with Gasteiger partial charge in [0.15, 0.2) is 0 Å². The minimum absolute atomic E-state index is 0.0465. The van der Waals surface area contributed by atoms with Crippen molar-refractivity contribution in [3.8, 4) is 0 Å². The Balaban J connectivity index is 2.07. The van der Waals surface area contributed by atoms with Crippen molar-refractivity contribution in [1.82, 2.24) is 9.88 Å². The number of nitrogens with zero attached hydrogens (tertiary/aromatic N) is 2. The Morgan fingerprint density at radius 3 is 2.81 bits per heavy atom. The zero-order chi connectivity index (χ0) is 15.2. The summed E-state index contributed by atoms with van der Waals surface area (Å²) >= 11 is 5.99. The first-order chi connectivity index (χ1) is 10.1. The lowest BCUT2D eigenvalue weighted by Gasteiger charge is -2.24. The molecule has 0 spiro atoms. The second-order valence-corrected chi connectivity index (χ2v) is 5.24. The molecule has 0 radical (unpaired) electrons. The molecule has 0 N–H and O–H groups in total. The van der Waals surface area contributed by atoms with E-state index in [0.717, 1.165) is 11.1 Å². The third-order valence-corrected chi connectivity index (χ3v) is 3.60. The van der Waals surface area contributed by atoms with Crippen LogP contribution in [0.2, 0.25) is 5.02 Å². The van der Waals surface area contributed by atoms with Gasteiger partial charge in [0.2, 0.25) is 5.91 Å². The third kappa shape index (κ3) is 4.17. The van der Waals surface area contributed by atoms with E-state index in [0.29, 0.717) is 5.02 Å². The van der Waals surface area contributed by atoms with Crippen molar-refractivity contribution >= 4 is 23.6 Å². The van der Waals surface area contributed by atoms with Crippen LogP contribution in [0.4, 0.5) is 0 Å². The van der Waals surface area contributed by atoms with E-state index >= 15 is 0 Å². The summed E-state index contributed by atoms with van der Waals surface area (Å²) in [4.78, 5) is 17.9. The summed E-state index contributed by atoms with van der Waals surface area (Å²) in [7, 11) is 1.78. The first-order valence-electron chi connectivity index (χ1n) is 6.68. The maximum Gasteiger partial charge on any atom is 0.246 e. The summed E-state index contributed by atoms with van der Waals surface area (Å²) in [5.41, 5.74) is 1.91. The maximum atomic E-state index is 12.2. The standard InChI is InChI=1S/C17H17ClN2O/c1-13(15-6-3-7-16(18)11-15)20(2)17(21)9-8-14-5-4-10-19-12-14/h3-13H,1-2H3/b9-8+. The number of hydrogen-bond acceptors (Lipinski definition) is 2. The van der Waals surface area contributed by atoms with Crippen LogP contribution < -0.4 is 0 Å². The highest BCUT2D eigenvalue weighted by molar-refractivity contribution is 6.30. The molecule has 0 bridgehead atoms. The van der Waals surface area contributed by atoms with E-state index < -0.39 is 0 Å². The Labute approximate surface area is 129 Å². The highest BCUT2D eigenvalue weighted by atomic mass is 35.5. The molecule has 1 aromatic heterocycles. The number of likely N-dealkylation sites (N-methyl/N-ethyl adjacent to an activating group) is 1. The Bertz CT molecular complexity index is 640. The van der Waals surface area contributed by atoms with Crippen LogP contribution in [0.25, 0.3) is 6.08 Å². The van der Waals surface area contributed by atoms with Gasteiger partial charge < -0.3 is 4.90 Å². The molecule has 1 amide bonds. The molecule has 2 rings (SSSR count). The van der Waals surface area contributed by atoms with Crippen LogP contribution in [-0.2, 0) is 4.79 Å². The smallest absolute Gasteiger partial charge is 0.246 e. The molecule has 1 atom stereocenters. The van der Waals surface area contributed by atoms with Crippen LogP contribution in [0.3, 0.4) is 0 Å². The van der Waals surface area contributed by atoms with E-state index in [4.69, 9.17) is 11.6 Å². The molecule has 0 saturated heterocycles. The molecule has 1 unspecified atom stereocenters. The highest BCUT2D eigenvalue weighted by Crippen LogP contribution is 2.22. The number of hydrogen-bond donors (Lipinski definition) is 0. The summed E-state index contributed by atoms with van der Waals surface area (Å²) in [6.07, 6.45) is 6.73. The average molecular weight is 301 g/mol. The normalized spacial score (nSPS) is 12.3. The lowest BCUT2D eigenvalue weighted by atomic mass is 10.1. The molecule has 108 valence electrons. The topological polar surface area (TPSA) is 33.2 Å². The monoisotopic (exact) mass is 300 g/mol. The van der Waals surface area contributed by atoms with Gasteiger partial charge in [-0.15, -0.1) is 0 Å². The molecular weight excluding hydrogens is 284 g/mol. The van der Waals surface area contributed by atoms with E-state index in [-0.39, 0.29) is 11.9 Å². The lowest BCUT2D eigenvalue weighted by molar-refractivity contribution is -0.126. The molecule has 0 aliphatic heterocycles. The van der Waals surface area contributed by atoms with Crippen LogP contribution in [0.15, 0.2) is 54.9 Å². The summed E-state index contributed by atoms with van der Waals surface area (Å²) in [5, 5.41) is 0.672. The van der Waals surface area contributed by atoms with E-state index in [1.54, 1.807) is 36.5 Å².